The molecule has 5 nitrogen and oxygen atoms in total. The number of nitrogens with one attached hydrogen (secondary N) is 1. The van der Waals surface area contributed by atoms with Crippen molar-refractivity contribution in [3.63, 3.8) is 0 Å². The summed E-state index contributed by atoms with van der Waals surface area (Å²) in [4.78, 5) is 34.0. The molecule has 3 aromatic carbocycles. The van der Waals surface area contributed by atoms with Crippen molar-refractivity contribution in [3.05, 3.63) is 100 Å². The van der Waals surface area contributed by atoms with Gasteiger partial charge in [0.15, 0.2) is 6.61 Å². The van der Waals surface area contributed by atoms with Crippen LogP contribution in [0.4, 0.5) is 0 Å². The summed E-state index contributed by atoms with van der Waals surface area (Å²) in [5.74, 6) is -0.819. The molecule has 2 aromatic heterocycles. The number of aryl methyl sites for hydroxylation is 1. The zero-order valence-electron chi connectivity index (χ0n) is 18.5. The number of rotatable bonds is 6. The van der Waals surface area contributed by atoms with Crippen LogP contribution in [0.3, 0.4) is 0 Å². The molecule has 0 amide bonds. The van der Waals surface area contributed by atoms with Crippen LogP contribution in [0.25, 0.3) is 33.1 Å². The van der Waals surface area contributed by atoms with Gasteiger partial charge >= 0.3 is 5.97 Å². The molecular weight excluding hydrogens is 492 g/mol. The Hall–Kier alpha value is -3.77. The monoisotopic (exact) mass is 512 g/mol. The van der Waals surface area contributed by atoms with E-state index < -0.39 is 5.97 Å². The van der Waals surface area contributed by atoms with Gasteiger partial charge in [0.2, 0.25) is 5.78 Å². The minimum absolute atomic E-state index is 0.254. The van der Waals surface area contributed by atoms with E-state index in [4.69, 9.17) is 9.72 Å². The van der Waals surface area contributed by atoms with Gasteiger partial charge in [-0.2, -0.15) is 0 Å². The van der Waals surface area contributed by atoms with E-state index in [-0.39, 0.29) is 12.4 Å². The van der Waals surface area contributed by atoms with E-state index in [0.717, 1.165) is 32.9 Å². The number of halogens is 1. The van der Waals surface area contributed by atoms with Crippen molar-refractivity contribution < 1.29 is 14.3 Å². The molecule has 0 fully saturated rings. The van der Waals surface area contributed by atoms with Gasteiger partial charge in [0.1, 0.15) is 0 Å². The van der Waals surface area contributed by atoms with Crippen LogP contribution in [0.1, 0.15) is 33.2 Å². The Labute approximate surface area is 204 Å². The lowest BCUT2D eigenvalue weighted by molar-refractivity contribution is 0.0477. The summed E-state index contributed by atoms with van der Waals surface area (Å²) in [6, 6.07) is 22.8. The van der Waals surface area contributed by atoms with Gasteiger partial charge in [-0.05, 0) is 36.2 Å². The number of para-hydroxylation sites is 1. The number of ether oxygens (including phenoxy) is 1. The fourth-order valence-corrected chi connectivity index (χ4v) is 4.51. The standard InChI is InChI=1S/C28H21BrN2O3/c1-2-17-9-6-10-20-23(15-30-27(17)20)26(32)16-34-28(33)22-14-25(18-7-4-3-5-8-18)31-24-12-11-19(29)13-21(22)24/h3-15,30H,2,16H2,1H3. The van der Waals surface area contributed by atoms with Crippen molar-refractivity contribution in [2.24, 2.45) is 0 Å². The molecule has 34 heavy (non-hydrogen) atoms. The zero-order valence-corrected chi connectivity index (χ0v) is 20.1. The van der Waals surface area contributed by atoms with E-state index in [0.29, 0.717) is 27.7 Å². The van der Waals surface area contributed by atoms with Crippen LogP contribution in [0.5, 0.6) is 0 Å². The average Bonchev–Trinajstić information content (AvgIpc) is 3.31. The van der Waals surface area contributed by atoms with Crippen molar-refractivity contribution in [2.75, 3.05) is 6.61 Å². The van der Waals surface area contributed by atoms with E-state index in [1.165, 1.54) is 0 Å². The maximum Gasteiger partial charge on any atom is 0.339 e. The number of aromatic amines is 1. The Morgan fingerprint density at radius 3 is 2.56 bits per heavy atom. The number of H-pyrrole nitrogens is 1. The maximum absolute atomic E-state index is 13.2. The average molecular weight is 513 g/mol. The van der Waals surface area contributed by atoms with Gasteiger partial charge in [-0.1, -0.05) is 71.4 Å². The Morgan fingerprint density at radius 2 is 1.76 bits per heavy atom. The lowest BCUT2D eigenvalue weighted by Crippen LogP contribution is -2.14. The minimum atomic E-state index is -0.565. The van der Waals surface area contributed by atoms with Crippen molar-refractivity contribution in [1.29, 1.82) is 0 Å². The first-order valence-corrected chi connectivity index (χ1v) is 11.8. The fourth-order valence-electron chi connectivity index (χ4n) is 4.15. The van der Waals surface area contributed by atoms with E-state index >= 15 is 0 Å². The summed E-state index contributed by atoms with van der Waals surface area (Å²) >= 11 is 3.46. The van der Waals surface area contributed by atoms with Crippen LogP contribution in [0.2, 0.25) is 0 Å². The molecule has 0 saturated carbocycles. The summed E-state index contributed by atoms with van der Waals surface area (Å²) in [6.45, 7) is 1.72. The second kappa shape index (κ2) is 9.23. The molecule has 0 aliphatic carbocycles. The molecule has 5 aromatic rings. The van der Waals surface area contributed by atoms with Crippen molar-refractivity contribution in [2.45, 2.75) is 13.3 Å². The summed E-state index contributed by atoms with van der Waals surface area (Å²) in [7, 11) is 0. The molecular formula is C28H21BrN2O3. The zero-order chi connectivity index (χ0) is 23.7. The summed E-state index contributed by atoms with van der Waals surface area (Å²) < 4.78 is 6.34. The molecule has 1 N–H and O–H groups in total. The lowest BCUT2D eigenvalue weighted by atomic mass is 10.0. The highest BCUT2D eigenvalue weighted by Crippen LogP contribution is 2.28. The largest absolute Gasteiger partial charge is 0.454 e. The molecule has 0 bridgehead atoms. The van der Waals surface area contributed by atoms with Gasteiger partial charge in [0.25, 0.3) is 0 Å². The number of benzene rings is 3. The van der Waals surface area contributed by atoms with Gasteiger partial charge in [-0.3, -0.25) is 4.79 Å². The normalized spacial score (nSPS) is 11.1. The molecule has 0 aliphatic heterocycles. The highest BCUT2D eigenvalue weighted by atomic mass is 79.9. The van der Waals surface area contributed by atoms with Crippen LogP contribution in [0, 0.1) is 0 Å². The Kier molecular flexibility index (Phi) is 5.99. The van der Waals surface area contributed by atoms with E-state index in [9.17, 15) is 9.59 Å². The topological polar surface area (TPSA) is 72.1 Å². The molecule has 0 unspecified atom stereocenters. The highest BCUT2D eigenvalue weighted by Gasteiger charge is 2.19. The van der Waals surface area contributed by atoms with E-state index in [2.05, 4.69) is 27.8 Å². The number of nitrogens with zero attached hydrogens (tertiary/aromatic N) is 1. The third-order valence-corrected chi connectivity index (χ3v) is 6.37. The molecule has 5 rings (SSSR count). The quantitative estimate of drug-likeness (QED) is 0.202. The number of aromatic nitrogens is 2. The lowest BCUT2D eigenvalue weighted by Gasteiger charge is -2.10. The highest BCUT2D eigenvalue weighted by molar-refractivity contribution is 9.10. The van der Waals surface area contributed by atoms with Crippen LogP contribution in [-0.4, -0.2) is 28.3 Å². The number of pyridine rings is 1. The second-order valence-corrected chi connectivity index (χ2v) is 8.89. The number of carbonyl (C=O) groups is 2. The number of ketones is 1. The SMILES string of the molecule is CCc1cccc2c(C(=O)COC(=O)c3cc(-c4ccccc4)nc4ccc(Br)cc34)c[nH]c12. The fraction of sp³-hybridized carbons (Fsp3) is 0.107. The first-order chi connectivity index (χ1) is 16.5. The molecule has 0 spiro atoms. The molecule has 0 aliphatic rings. The number of carbonyl (C=O) groups excluding carboxylic acids is 2. The van der Waals surface area contributed by atoms with Crippen LogP contribution in [0.15, 0.2) is 83.5 Å². The summed E-state index contributed by atoms with van der Waals surface area (Å²) in [6.07, 6.45) is 2.54. The second-order valence-electron chi connectivity index (χ2n) is 7.98. The molecule has 168 valence electrons. The third-order valence-electron chi connectivity index (χ3n) is 5.88. The third kappa shape index (κ3) is 4.13. The van der Waals surface area contributed by atoms with Gasteiger partial charge in [0, 0.05) is 38.1 Å². The predicted octanol–water partition coefficient (Wildman–Crippen LogP) is 6.75. The number of fused-ring (bicyclic) bond motifs is 2. The number of esters is 1. The smallest absolute Gasteiger partial charge is 0.339 e. The Balaban J connectivity index is 1.45. The molecule has 6 heteroatoms. The summed E-state index contributed by atoms with van der Waals surface area (Å²) in [5, 5.41) is 1.50. The maximum atomic E-state index is 13.2. The number of Topliss-reactive ketones (excluding diaryl/α,β-unsaturated/α-hetero) is 1. The van der Waals surface area contributed by atoms with Crippen molar-refractivity contribution in [1.82, 2.24) is 9.97 Å². The van der Waals surface area contributed by atoms with Crippen LogP contribution >= 0.6 is 15.9 Å². The molecule has 0 saturated heterocycles. The van der Waals surface area contributed by atoms with Crippen LogP contribution < -0.4 is 0 Å². The van der Waals surface area contributed by atoms with Gasteiger partial charge in [0.05, 0.1) is 16.8 Å². The Bertz CT molecular complexity index is 1540. The van der Waals surface area contributed by atoms with Crippen molar-refractivity contribution >= 4 is 49.5 Å². The summed E-state index contributed by atoms with van der Waals surface area (Å²) in [5.41, 5.74) is 5.19. The first-order valence-electron chi connectivity index (χ1n) is 11.0. The van der Waals surface area contributed by atoms with Crippen molar-refractivity contribution in [3.8, 4) is 11.3 Å². The number of hydrogen-bond donors (Lipinski definition) is 1. The molecule has 2 heterocycles. The van der Waals surface area contributed by atoms with Gasteiger partial charge < -0.3 is 9.72 Å². The van der Waals surface area contributed by atoms with Gasteiger partial charge in [-0.25, -0.2) is 9.78 Å². The first kappa shape index (κ1) is 22.0. The molecule has 0 radical (unpaired) electrons. The van der Waals surface area contributed by atoms with Crippen LogP contribution in [-0.2, 0) is 11.2 Å². The Morgan fingerprint density at radius 1 is 0.941 bits per heavy atom. The van der Waals surface area contributed by atoms with Gasteiger partial charge in [-0.15, -0.1) is 0 Å². The van der Waals surface area contributed by atoms with E-state index in [1.807, 2.05) is 66.7 Å². The van der Waals surface area contributed by atoms with E-state index in [1.54, 1.807) is 12.3 Å². The molecule has 0 atom stereocenters. The predicted molar refractivity (Wildman–Crippen MR) is 137 cm³/mol. The number of hydrogen-bond acceptors (Lipinski definition) is 4. The minimum Gasteiger partial charge on any atom is -0.454 e.